The lowest BCUT2D eigenvalue weighted by Crippen LogP contribution is -2.52. The van der Waals surface area contributed by atoms with Gasteiger partial charge in [-0.25, -0.2) is 9.78 Å². The van der Waals surface area contributed by atoms with Crippen LogP contribution in [0.4, 0.5) is 10.5 Å². The maximum atomic E-state index is 12.6. The third-order valence-corrected chi connectivity index (χ3v) is 5.52. The van der Waals surface area contributed by atoms with Crippen LogP contribution in [-0.2, 0) is 11.3 Å². The zero-order valence-electron chi connectivity index (χ0n) is 15.1. The van der Waals surface area contributed by atoms with Crippen LogP contribution in [0.3, 0.4) is 0 Å². The van der Waals surface area contributed by atoms with Crippen molar-refractivity contribution in [3.8, 4) is 0 Å². The molecule has 8 nitrogen and oxygen atoms in total. The topological polar surface area (TPSA) is 87.5 Å². The van der Waals surface area contributed by atoms with E-state index in [4.69, 9.17) is 0 Å². The van der Waals surface area contributed by atoms with Crippen LogP contribution < -0.4 is 10.9 Å². The Hall–Kier alpha value is -3.20. The number of thiophene rings is 1. The van der Waals surface area contributed by atoms with E-state index >= 15 is 0 Å². The molecule has 0 bridgehead atoms. The molecule has 2 aromatic heterocycles. The molecule has 1 N–H and O–H groups in total. The van der Waals surface area contributed by atoms with Gasteiger partial charge in [0.25, 0.3) is 5.56 Å². The second kappa shape index (κ2) is 7.81. The molecule has 0 aliphatic carbocycles. The Morgan fingerprint density at radius 2 is 1.75 bits per heavy atom. The molecule has 3 heterocycles. The molecular formula is C19H19N5O3S. The highest BCUT2D eigenvalue weighted by Crippen LogP contribution is 2.13. The average Bonchev–Trinajstić information content (AvgIpc) is 3.20. The predicted molar refractivity (Wildman–Crippen MR) is 107 cm³/mol. The first-order valence-electron chi connectivity index (χ1n) is 8.93. The summed E-state index contributed by atoms with van der Waals surface area (Å²) in [7, 11) is 0. The highest BCUT2D eigenvalue weighted by Gasteiger charge is 2.24. The van der Waals surface area contributed by atoms with E-state index in [1.807, 2.05) is 35.7 Å². The molecule has 3 amide bonds. The van der Waals surface area contributed by atoms with Gasteiger partial charge in [0.1, 0.15) is 11.4 Å². The number of hydrogen-bond donors (Lipinski definition) is 1. The number of aromatic nitrogens is 2. The summed E-state index contributed by atoms with van der Waals surface area (Å²) in [4.78, 5) is 45.6. The molecule has 0 unspecified atom stereocenters. The van der Waals surface area contributed by atoms with E-state index in [-0.39, 0.29) is 24.0 Å². The van der Waals surface area contributed by atoms with Crippen molar-refractivity contribution in [2.24, 2.45) is 0 Å². The van der Waals surface area contributed by atoms with Crippen LogP contribution in [0, 0.1) is 0 Å². The summed E-state index contributed by atoms with van der Waals surface area (Å²) in [6.07, 6.45) is 1.42. The fourth-order valence-electron chi connectivity index (χ4n) is 3.13. The molecule has 1 fully saturated rings. The first-order chi connectivity index (χ1) is 13.6. The Morgan fingerprint density at radius 3 is 2.50 bits per heavy atom. The standard InChI is InChI=1S/C19H19N5O3S/c25-16(12-24-13-20-17-15(18(24)26)6-11-28-17)22-7-9-23(10-8-22)19(27)21-14-4-2-1-3-5-14/h1-6,11,13H,7-10,12H2,(H,21,27). The number of nitrogens with zero attached hydrogens (tertiary/aromatic N) is 4. The number of hydrogen-bond acceptors (Lipinski definition) is 5. The number of fused-ring (bicyclic) bond motifs is 1. The van der Waals surface area contributed by atoms with Crippen molar-refractivity contribution < 1.29 is 9.59 Å². The lowest BCUT2D eigenvalue weighted by Gasteiger charge is -2.34. The van der Waals surface area contributed by atoms with Gasteiger partial charge in [-0.1, -0.05) is 18.2 Å². The fourth-order valence-corrected chi connectivity index (χ4v) is 3.86. The van der Waals surface area contributed by atoms with Gasteiger partial charge >= 0.3 is 6.03 Å². The number of carbonyl (C=O) groups excluding carboxylic acids is 2. The third-order valence-electron chi connectivity index (χ3n) is 4.70. The molecule has 28 heavy (non-hydrogen) atoms. The van der Waals surface area contributed by atoms with Crippen LogP contribution >= 0.6 is 11.3 Å². The molecule has 1 saturated heterocycles. The summed E-state index contributed by atoms with van der Waals surface area (Å²) < 4.78 is 1.34. The molecule has 3 aromatic rings. The molecule has 0 radical (unpaired) electrons. The Kier molecular flexibility index (Phi) is 5.07. The number of piperazine rings is 1. The zero-order valence-corrected chi connectivity index (χ0v) is 15.9. The molecule has 4 rings (SSSR count). The van der Waals surface area contributed by atoms with Crippen molar-refractivity contribution in [2.45, 2.75) is 6.54 Å². The first kappa shape index (κ1) is 18.2. The van der Waals surface area contributed by atoms with Gasteiger partial charge in [0.15, 0.2) is 0 Å². The molecule has 1 aliphatic heterocycles. The minimum atomic E-state index is -0.208. The summed E-state index contributed by atoms with van der Waals surface area (Å²) >= 11 is 1.40. The SMILES string of the molecule is O=C(Cn1cnc2sccc2c1=O)N1CCN(C(=O)Nc2ccccc2)CC1. The second-order valence-electron chi connectivity index (χ2n) is 6.48. The maximum Gasteiger partial charge on any atom is 0.321 e. The van der Waals surface area contributed by atoms with Crippen molar-refractivity contribution in [2.75, 3.05) is 31.5 Å². The van der Waals surface area contributed by atoms with Gasteiger partial charge in [-0.3, -0.25) is 14.2 Å². The van der Waals surface area contributed by atoms with E-state index in [0.717, 1.165) is 5.69 Å². The van der Waals surface area contributed by atoms with Crippen molar-refractivity contribution in [3.05, 3.63) is 58.5 Å². The minimum absolute atomic E-state index is 0.0478. The maximum absolute atomic E-state index is 12.6. The number of para-hydroxylation sites is 1. The Bertz CT molecular complexity index is 1050. The fraction of sp³-hybridized carbons (Fsp3) is 0.263. The van der Waals surface area contributed by atoms with Crippen LogP contribution in [0.2, 0.25) is 0 Å². The molecule has 1 aromatic carbocycles. The summed E-state index contributed by atoms with van der Waals surface area (Å²) in [6.45, 7) is 1.71. The Labute approximate surface area is 165 Å². The normalized spacial score (nSPS) is 14.3. The molecule has 144 valence electrons. The van der Waals surface area contributed by atoms with E-state index in [1.165, 1.54) is 22.2 Å². The molecule has 1 aliphatic rings. The number of rotatable bonds is 3. The summed E-state index contributed by atoms with van der Waals surface area (Å²) in [5.74, 6) is -0.151. The third kappa shape index (κ3) is 3.74. The van der Waals surface area contributed by atoms with E-state index in [2.05, 4.69) is 10.3 Å². The van der Waals surface area contributed by atoms with Gasteiger partial charge in [-0.05, 0) is 23.6 Å². The van der Waals surface area contributed by atoms with Crippen LogP contribution in [0.1, 0.15) is 0 Å². The van der Waals surface area contributed by atoms with Gasteiger partial charge in [-0.15, -0.1) is 11.3 Å². The summed E-state index contributed by atoms with van der Waals surface area (Å²) in [6, 6.07) is 10.8. The molecule has 0 atom stereocenters. The van der Waals surface area contributed by atoms with Crippen LogP contribution in [0.5, 0.6) is 0 Å². The van der Waals surface area contributed by atoms with Gasteiger partial charge < -0.3 is 15.1 Å². The molecule has 0 spiro atoms. The summed E-state index contributed by atoms with van der Waals surface area (Å²) in [5.41, 5.74) is 0.530. The first-order valence-corrected chi connectivity index (χ1v) is 9.81. The number of anilines is 1. The molecular weight excluding hydrogens is 378 g/mol. The van der Waals surface area contributed by atoms with Gasteiger partial charge in [0.2, 0.25) is 5.91 Å². The lowest BCUT2D eigenvalue weighted by molar-refractivity contribution is -0.133. The van der Waals surface area contributed by atoms with Gasteiger partial charge in [0, 0.05) is 31.9 Å². The second-order valence-corrected chi connectivity index (χ2v) is 7.38. The number of benzene rings is 1. The zero-order chi connectivity index (χ0) is 19.5. The van der Waals surface area contributed by atoms with Crippen molar-refractivity contribution in [3.63, 3.8) is 0 Å². The van der Waals surface area contributed by atoms with Gasteiger partial charge in [-0.2, -0.15) is 0 Å². The molecule has 9 heteroatoms. The summed E-state index contributed by atoms with van der Waals surface area (Å²) in [5, 5.41) is 5.19. The van der Waals surface area contributed by atoms with Crippen LogP contribution in [-0.4, -0.2) is 57.5 Å². The van der Waals surface area contributed by atoms with Crippen LogP contribution in [0.15, 0.2) is 52.9 Å². The number of carbonyl (C=O) groups is 2. The number of urea groups is 1. The van der Waals surface area contributed by atoms with E-state index in [0.29, 0.717) is 36.4 Å². The number of amides is 3. The Morgan fingerprint density at radius 1 is 1.04 bits per heavy atom. The smallest absolute Gasteiger partial charge is 0.321 e. The Balaban J connectivity index is 1.34. The van der Waals surface area contributed by atoms with Gasteiger partial charge in [0.05, 0.1) is 11.7 Å². The minimum Gasteiger partial charge on any atom is -0.338 e. The lowest BCUT2D eigenvalue weighted by atomic mass is 10.3. The predicted octanol–water partition coefficient (Wildman–Crippen LogP) is 1.83. The van der Waals surface area contributed by atoms with Crippen molar-refractivity contribution >= 4 is 39.2 Å². The number of nitrogens with one attached hydrogen (secondary N) is 1. The van der Waals surface area contributed by atoms with E-state index in [1.54, 1.807) is 15.9 Å². The average molecular weight is 397 g/mol. The monoisotopic (exact) mass is 397 g/mol. The highest BCUT2D eigenvalue weighted by molar-refractivity contribution is 7.16. The quantitative estimate of drug-likeness (QED) is 0.730. The highest BCUT2D eigenvalue weighted by atomic mass is 32.1. The van der Waals surface area contributed by atoms with Crippen molar-refractivity contribution in [1.82, 2.24) is 19.4 Å². The molecule has 0 saturated carbocycles. The van der Waals surface area contributed by atoms with Crippen LogP contribution in [0.25, 0.3) is 10.2 Å². The van der Waals surface area contributed by atoms with Crippen molar-refractivity contribution in [1.29, 1.82) is 0 Å². The largest absolute Gasteiger partial charge is 0.338 e. The van der Waals surface area contributed by atoms with E-state index < -0.39 is 0 Å². The van der Waals surface area contributed by atoms with E-state index in [9.17, 15) is 14.4 Å².